The van der Waals surface area contributed by atoms with Crippen molar-refractivity contribution in [2.24, 2.45) is 0 Å². The quantitative estimate of drug-likeness (QED) is 0.219. The van der Waals surface area contributed by atoms with Crippen molar-refractivity contribution in [2.45, 2.75) is 37.0 Å². The lowest BCUT2D eigenvalue weighted by atomic mass is 9.71. The second-order valence-electron chi connectivity index (χ2n) is 11.0. The highest BCUT2D eigenvalue weighted by molar-refractivity contribution is 5.94. The average molecular weight is 549 g/mol. The molecular formula is C35H40N4O2. The summed E-state index contributed by atoms with van der Waals surface area (Å²) in [5, 5.41) is 5.87. The van der Waals surface area contributed by atoms with Crippen LogP contribution in [-0.2, 0) is 10.2 Å². The van der Waals surface area contributed by atoms with Gasteiger partial charge in [0.2, 0.25) is 5.91 Å². The highest BCUT2D eigenvalue weighted by Gasteiger charge is 2.34. The Morgan fingerprint density at radius 1 is 0.780 bits per heavy atom. The van der Waals surface area contributed by atoms with Gasteiger partial charge in [0.25, 0.3) is 5.91 Å². The van der Waals surface area contributed by atoms with Gasteiger partial charge in [-0.05, 0) is 80.1 Å². The van der Waals surface area contributed by atoms with Crippen LogP contribution in [0.1, 0.15) is 58.8 Å². The average Bonchev–Trinajstić information content (AvgIpc) is 3.59. The highest BCUT2D eigenvalue weighted by Crippen LogP contribution is 2.37. The van der Waals surface area contributed by atoms with Crippen molar-refractivity contribution in [1.29, 1.82) is 0 Å². The van der Waals surface area contributed by atoms with Gasteiger partial charge in [0, 0.05) is 18.2 Å². The topological polar surface area (TPSA) is 77.2 Å². The number of nitrogens with one attached hydrogen (secondary N) is 3. The lowest BCUT2D eigenvalue weighted by molar-refractivity contribution is -0.120. The zero-order valence-corrected chi connectivity index (χ0v) is 23.6. The smallest absolute Gasteiger partial charge is 0.268 e. The number of rotatable bonds is 12. The Bertz CT molecular complexity index is 1310. The molecule has 1 saturated heterocycles. The van der Waals surface area contributed by atoms with Crippen LogP contribution in [0.5, 0.6) is 0 Å². The molecule has 2 heterocycles. The van der Waals surface area contributed by atoms with Crippen LogP contribution < -0.4 is 10.6 Å². The number of hydrogen-bond acceptors (Lipinski definition) is 3. The molecule has 2 amide bonds. The first-order chi connectivity index (χ1) is 20.1. The summed E-state index contributed by atoms with van der Waals surface area (Å²) in [5.74, 6) is 0.149. The molecule has 41 heavy (non-hydrogen) atoms. The summed E-state index contributed by atoms with van der Waals surface area (Å²) in [6, 6.07) is 35.3. The van der Waals surface area contributed by atoms with Crippen LogP contribution in [0.25, 0.3) is 0 Å². The largest absolute Gasteiger partial charge is 0.357 e. The number of aromatic amines is 1. The normalized spacial score (nSPS) is 14.4. The predicted octanol–water partition coefficient (Wildman–Crippen LogP) is 5.51. The summed E-state index contributed by atoms with van der Waals surface area (Å²) in [5.41, 5.74) is 3.88. The number of hydrogen-bond donors (Lipinski definition) is 3. The third-order valence-corrected chi connectivity index (χ3v) is 8.43. The zero-order valence-electron chi connectivity index (χ0n) is 23.6. The first-order valence-electron chi connectivity index (χ1n) is 14.7. The highest BCUT2D eigenvalue weighted by atomic mass is 16.2. The summed E-state index contributed by atoms with van der Waals surface area (Å²) < 4.78 is 0. The van der Waals surface area contributed by atoms with Crippen LogP contribution >= 0.6 is 0 Å². The van der Waals surface area contributed by atoms with E-state index in [0.29, 0.717) is 18.2 Å². The van der Waals surface area contributed by atoms with Gasteiger partial charge >= 0.3 is 0 Å². The maximum atomic E-state index is 13.0. The number of nitrogens with zero attached hydrogens (tertiary/aromatic N) is 1. The molecule has 4 aromatic rings. The molecule has 0 spiro atoms. The molecule has 1 aliphatic heterocycles. The zero-order chi connectivity index (χ0) is 28.3. The second-order valence-corrected chi connectivity index (χ2v) is 11.0. The molecule has 5 rings (SSSR count). The van der Waals surface area contributed by atoms with E-state index in [1.54, 1.807) is 18.3 Å². The number of H-pyrrole nitrogens is 1. The predicted molar refractivity (Wildman–Crippen MR) is 164 cm³/mol. The fourth-order valence-electron chi connectivity index (χ4n) is 6.12. The van der Waals surface area contributed by atoms with Gasteiger partial charge in [-0.1, -0.05) is 91.0 Å². The van der Waals surface area contributed by atoms with Crippen LogP contribution in [0.3, 0.4) is 0 Å². The van der Waals surface area contributed by atoms with Gasteiger partial charge < -0.3 is 20.5 Å². The van der Waals surface area contributed by atoms with Gasteiger partial charge in [-0.2, -0.15) is 0 Å². The molecule has 6 heteroatoms. The number of carbonyl (C=O) groups excluding carboxylic acids is 2. The van der Waals surface area contributed by atoms with E-state index in [-0.39, 0.29) is 23.8 Å². The minimum Gasteiger partial charge on any atom is -0.357 e. The molecule has 3 aromatic carbocycles. The molecule has 3 N–H and O–H groups in total. The van der Waals surface area contributed by atoms with E-state index < -0.39 is 0 Å². The first-order valence-corrected chi connectivity index (χ1v) is 14.7. The van der Waals surface area contributed by atoms with E-state index in [1.807, 2.05) is 12.1 Å². The van der Waals surface area contributed by atoms with Crippen molar-refractivity contribution < 1.29 is 9.59 Å². The molecule has 1 aromatic heterocycles. The standard InChI is InChI=1S/C35H40N4O2/c40-33(26-37-34(41)32-18-10-22-36-32)38-27-35(30-14-6-2-7-15-30,31-16-8-3-9-17-31)21-11-23-39-24-19-29(20-25-39)28-12-4-1-5-13-28/h1-10,12-18,22,29,36H,11,19-21,23-27H2,(H,37,41)(H,38,40). The van der Waals surface area contributed by atoms with E-state index in [4.69, 9.17) is 0 Å². The Morgan fingerprint density at radius 2 is 1.39 bits per heavy atom. The fourth-order valence-corrected chi connectivity index (χ4v) is 6.12. The molecule has 0 bridgehead atoms. The third kappa shape index (κ3) is 7.33. The lowest BCUT2D eigenvalue weighted by Crippen LogP contribution is -2.45. The molecule has 0 radical (unpaired) electrons. The molecule has 6 nitrogen and oxygen atoms in total. The van der Waals surface area contributed by atoms with Gasteiger partial charge in [0.1, 0.15) is 5.69 Å². The summed E-state index contributed by atoms with van der Waals surface area (Å²) in [6.45, 7) is 3.63. The Labute approximate surface area is 243 Å². The number of carbonyl (C=O) groups is 2. The van der Waals surface area contributed by atoms with Crippen molar-refractivity contribution in [2.75, 3.05) is 32.7 Å². The Kier molecular flexibility index (Phi) is 9.65. The summed E-state index contributed by atoms with van der Waals surface area (Å²) in [6.07, 6.45) is 5.98. The number of likely N-dealkylation sites (tertiary alicyclic amines) is 1. The minimum absolute atomic E-state index is 0.0755. The summed E-state index contributed by atoms with van der Waals surface area (Å²) >= 11 is 0. The molecule has 212 valence electrons. The van der Waals surface area contributed by atoms with E-state index >= 15 is 0 Å². The van der Waals surface area contributed by atoms with Gasteiger partial charge in [0.15, 0.2) is 0 Å². The SMILES string of the molecule is O=C(CNC(=O)c1ccc[nH]1)NCC(CCCN1CCC(c2ccccc2)CC1)(c1ccccc1)c1ccccc1. The molecule has 0 unspecified atom stereocenters. The maximum absolute atomic E-state index is 13.0. The van der Waals surface area contributed by atoms with Gasteiger partial charge in [0.05, 0.1) is 6.54 Å². The van der Waals surface area contributed by atoms with E-state index in [2.05, 4.69) is 99.4 Å². The molecule has 1 aliphatic rings. The molecule has 0 aliphatic carbocycles. The minimum atomic E-state index is -0.385. The van der Waals surface area contributed by atoms with E-state index in [1.165, 1.54) is 29.5 Å². The number of aromatic nitrogens is 1. The Balaban J connectivity index is 1.25. The van der Waals surface area contributed by atoms with Crippen LogP contribution in [0, 0.1) is 0 Å². The fraction of sp³-hybridized carbons (Fsp3) is 0.314. The molecule has 0 saturated carbocycles. The van der Waals surface area contributed by atoms with Crippen molar-refractivity contribution in [1.82, 2.24) is 20.5 Å². The van der Waals surface area contributed by atoms with E-state index in [9.17, 15) is 9.59 Å². The summed E-state index contributed by atoms with van der Waals surface area (Å²) in [7, 11) is 0. The Morgan fingerprint density at radius 3 is 1.98 bits per heavy atom. The molecule has 0 atom stereocenters. The lowest BCUT2D eigenvalue weighted by Gasteiger charge is -2.37. The van der Waals surface area contributed by atoms with Crippen LogP contribution in [0.4, 0.5) is 0 Å². The number of piperidine rings is 1. The van der Waals surface area contributed by atoms with Crippen molar-refractivity contribution in [3.63, 3.8) is 0 Å². The van der Waals surface area contributed by atoms with Gasteiger partial charge in [-0.3, -0.25) is 9.59 Å². The van der Waals surface area contributed by atoms with Gasteiger partial charge in [-0.25, -0.2) is 0 Å². The first kappa shape index (κ1) is 28.4. The molecule has 1 fully saturated rings. The van der Waals surface area contributed by atoms with Crippen molar-refractivity contribution in [3.05, 3.63) is 132 Å². The summed E-state index contributed by atoms with van der Waals surface area (Å²) in [4.78, 5) is 30.7. The van der Waals surface area contributed by atoms with E-state index in [0.717, 1.165) is 32.5 Å². The second kappa shape index (κ2) is 14.0. The number of amides is 2. The van der Waals surface area contributed by atoms with Gasteiger partial charge in [-0.15, -0.1) is 0 Å². The van der Waals surface area contributed by atoms with Crippen molar-refractivity contribution >= 4 is 11.8 Å². The Hall–Kier alpha value is -4.16. The van der Waals surface area contributed by atoms with Crippen LogP contribution in [-0.4, -0.2) is 54.4 Å². The maximum Gasteiger partial charge on any atom is 0.268 e. The van der Waals surface area contributed by atoms with Crippen molar-refractivity contribution in [3.8, 4) is 0 Å². The van der Waals surface area contributed by atoms with Crippen LogP contribution in [0.15, 0.2) is 109 Å². The van der Waals surface area contributed by atoms with Crippen LogP contribution in [0.2, 0.25) is 0 Å². The molecular weight excluding hydrogens is 508 g/mol. The number of benzene rings is 3. The third-order valence-electron chi connectivity index (χ3n) is 8.43. The monoisotopic (exact) mass is 548 g/mol.